The number of phosphoric ester groups is 3. The van der Waals surface area contributed by atoms with E-state index in [2.05, 4.69) is 9.05 Å². The molecule has 0 bridgehead atoms. The van der Waals surface area contributed by atoms with E-state index in [0.29, 0.717) is 16.7 Å². The molecule has 5 atom stereocenters. The molecule has 1 aliphatic rings. The van der Waals surface area contributed by atoms with Crippen molar-refractivity contribution in [1.82, 2.24) is 0 Å². The minimum absolute atomic E-state index is 0.599. The number of phosphoric acid groups is 3. The summed E-state index contributed by atoms with van der Waals surface area (Å²) >= 11 is 0. The van der Waals surface area contributed by atoms with Gasteiger partial charge in [-0.25, -0.2) is 13.7 Å². The number of hydrogen-bond acceptors (Lipinski definition) is 9. The first-order valence-corrected chi connectivity index (χ1v) is 17.0. The van der Waals surface area contributed by atoms with E-state index in [1.165, 1.54) is 0 Å². The van der Waals surface area contributed by atoms with Gasteiger partial charge in [0, 0.05) is 0 Å². The Bertz CT molecular complexity index is 1380. The van der Waals surface area contributed by atoms with Crippen molar-refractivity contribution in [1.29, 1.82) is 0 Å². The smallest absolute Gasteiger partial charge is 0.366 e. The highest BCUT2D eigenvalue weighted by atomic mass is 31.2. The molecule has 234 valence electrons. The molecule has 15 nitrogen and oxygen atoms in total. The molecule has 0 spiro atoms. The molecule has 43 heavy (non-hydrogen) atoms. The lowest BCUT2D eigenvalue weighted by Gasteiger charge is -2.45. The molecule has 0 aromatic heterocycles. The second-order valence-electron chi connectivity index (χ2n) is 9.34. The van der Waals surface area contributed by atoms with Crippen LogP contribution in [0.5, 0.6) is 0 Å². The Morgan fingerprint density at radius 1 is 0.581 bits per heavy atom. The van der Waals surface area contributed by atoms with Crippen molar-refractivity contribution in [3.63, 3.8) is 0 Å². The highest BCUT2D eigenvalue weighted by molar-refractivity contribution is 7.47. The maximum Gasteiger partial charge on any atom is 0.470 e. The fourth-order valence-electron chi connectivity index (χ4n) is 4.84. The first-order chi connectivity index (χ1) is 20.1. The topological polar surface area (TPSA) is 239 Å². The molecular weight excluding hydrogens is 633 g/mol. The molecule has 3 aromatic rings. The molecule has 4 rings (SSSR count). The zero-order valence-corrected chi connectivity index (χ0v) is 24.7. The van der Waals surface area contributed by atoms with Crippen molar-refractivity contribution in [3.8, 4) is 0 Å². The first-order valence-electron chi connectivity index (χ1n) is 12.4. The van der Waals surface area contributed by atoms with Crippen LogP contribution in [-0.4, -0.2) is 71.8 Å². The maximum atomic E-state index is 12.0. The number of hydrogen-bond donors (Lipinski definition) is 7. The van der Waals surface area contributed by atoms with E-state index in [-0.39, 0.29) is 0 Å². The van der Waals surface area contributed by atoms with Gasteiger partial charge in [0.05, 0.1) is 6.61 Å². The van der Waals surface area contributed by atoms with Crippen molar-refractivity contribution < 1.29 is 71.2 Å². The van der Waals surface area contributed by atoms with Crippen LogP contribution < -0.4 is 0 Å². The molecule has 0 amide bonds. The zero-order valence-electron chi connectivity index (χ0n) is 22.0. The second kappa shape index (κ2) is 13.5. The van der Waals surface area contributed by atoms with E-state index in [9.17, 15) is 48.2 Å². The van der Waals surface area contributed by atoms with Gasteiger partial charge in [-0.1, -0.05) is 91.0 Å². The molecule has 3 aromatic carbocycles. The van der Waals surface area contributed by atoms with E-state index in [4.69, 9.17) is 14.0 Å². The van der Waals surface area contributed by atoms with Gasteiger partial charge in [0.1, 0.15) is 30.0 Å². The normalized spacial score (nSPS) is 23.7. The van der Waals surface area contributed by atoms with Crippen LogP contribution in [0.2, 0.25) is 0 Å². The van der Waals surface area contributed by atoms with Gasteiger partial charge in [0.2, 0.25) is 0 Å². The van der Waals surface area contributed by atoms with Crippen LogP contribution in [0.15, 0.2) is 91.0 Å². The van der Waals surface area contributed by atoms with Crippen molar-refractivity contribution in [2.75, 3.05) is 6.61 Å². The third-order valence-corrected chi connectivity index (χ3v) is 7.95. The molecule has 7 N–H and O–H groups in total. The lowest BCUT2D eigenvalue weighted by atomic mass is 9.80. The van der Waals surface area contributed by atoms with Gasteiger partial charge >= 0.3 is 23.5 Å². The molecule has 1 heterocycles. The zero-order chi connectivity index (χ0) is 31.5. The average molecular weight is 662 g/mol. The minimum Gasteiger partial charge on any atom is -0.366 e. The lowest BCUT2D eigenvalue weighted by Crippen LogP contribution is -2.61. The van der Waals surface area contributed by atoms with Gasteiger partial charge in [0.15, 0.2) is 6.29 Å². The van der Waals surface area contributed by atoms with Crippen LogP contribution in [0.3, 0.4) is 0 Å². The summed E-state index contributed by atoms with van der Waals surface area (Å²) < 4.78 is 61.2. The van der Waals surface area contributed by atoms with Gasteiger partial charge < -0.3 is 43.9 Å². The Balaban J connectivity index is 1.83. The highest BCUT2D eigenvalue weighted by Crippen LogP contribution is 2.50. The number of aliphatic hydroxyl groups excluding tert-OH is 1. The summed E-state index contributed by atoms with van der Waals surface area (Å²) in [6.07, 6.45) is -11.0. The van der Waals surface area contributed by atoms with Crippen molar-refractivity contribution in [3.05, 3.63) is 108 Å². The monoisotopic (exact) mass is 662 g/mol. The predicted octanol–water partition coefficient (Wildman–Crippen LogP) is 2.15. The van der Waals surface area contributed by atoms with Gasteiger partial charge in [-0.15, -0.1) is 0 Å². The number of rotatable bonds is 12. The van der Waals surface area contributed by atoms with E-state index >= 15 is 0 Å². The van der Waals surface area contributed by atoms with Crippen LogP contribution in [0, 0.1) is 0 Å². The van der Waals surface area contributed by atoms with Crippen LogP contribution >= 0.6 is 23.5 Å². The van der Waals surface area contributed by atoms with Crippen molar-refractivity contribution in [2.45, 2.75) is 36.3 Å². The summed E-state index contributed by atoms with van der Waals surface area (Å²) in [5, 5.41) is 10.6. The summed E-state index contributed by atoms with van der Waals surface area (Å²) in [6, 6.07) is 26.5. The van der Waals surface area contributed by atoms with Crippen LogP contribution in [0.25, 0.3) is 0 Å². The Hall–Kier alpha value is -2.13. The van der Waals surface area contributed by atoms with Crippen LogP contribution in [0.4, 0.5) is 0 Å². The second-order valence-corrected chi connectivity index (χ2v) is 12.9. The Labute approximate surface area is 245 Å². The van der Waals surface area contributed by atoms with Crippen LogP contribution in [0.1, 0.15) is 16.7 Å². The summed E-state index contributed by atoms with van der Waals surface area (Å²) in [4.78, 5) is 57.0. The minimum atomic E-state index is -5.56. The number of aliphatic hydroxyl groups is 1. The third-order valence-electron chi connectivity index (χ3n) is 6.39. The largest absolute Gasteiger partial charge is 0.470 e. The molecule has 0 radical (unpaired) electrons. The fourth-order valence-corrected chi connectivity index (χ4v) is 6.51. The van der Waals surface area contributed by atoms with E-state index in [1.54, 1.807) is 91.0 Å². The molecule has 0 saturated carbocycles. The van der Waals surface area contributed by atoms with Gasteiger partial charge in [-0.05, 0) is 16.7 Å². The Morgan fingerprint density at radius 3 is 1.30 bits per heavy atom. The fraction of sp³-hybridized carbons (Fsp3) is 0.280. The van der Waals surface area contributed by atoms with E-state index in [0.717, 1.165) is 0 Å². The third kappa shape index (κ3) is 8.74. The summed E-state index contributed by atoms with van der Waals surface area (Å²) in [5.74, 6) is 0. The van der Waals surface area contributed by atoms with E-state index < -0.39 is 66.4 Å². The SMILES string of the molecule is O=P(O)(O)O[C@@H]1[C@H](OP(=O)(O)O)[C@H](COC(c2ccccc2)(c2ccccc2)c2ccccc2)O[C@H](O)[C@H]1OP(=O)(O)O. The Kier molecular flexibility index (Phi) is 10.6. The summed E-state index contributed by atoms with van der Waals surface area (Å²) in [7, 11) is -16.6. The molecule has 0 unspecified atom stereocenters. The molecular formula is C25H29O15P3. The predicted molar refractivity (Wildman–Crippen MR) is 147 cm³/mol. The van der Waals surface area contributed by atoms with Crippen LogP contribution in [-0.2, 0) is 42.3 Å². The molecule has 0 aliphatic carbocycles. The number of benzene rings is 3. The molecule has 1 fully saturated rings. The summed E-state index contributed by atoms with van der Waals surface area (Å²) in [5.41, 5.74) is 0.370. The number of ether oxygens (including phenoxy) is 2. The first kappa shape index (κ1) is 33.8. The standard InChI is InChI=1S/C25H29O15P3/c26-24-23(40-43(33,34)35)22(39-42(30,31)32)21(38-41(27,28)29)20(37-24)16-36-25(17-10-4-1-5-11-17,18-12-6-2-7-13-18)19-14-8-3-9-15-19/h1-15,20-24,26H,16H2,(H2,27,28,29)(H2,30,31,32)(H2,33,34,35)/t20-,21+,22+,23-,24-/m0/s1. The lowest BCUT2D eigenvalue weighted by molar-refractivity contribution is -0.282. The summed E-state index contributed by atoms with van der Waals surface area (Å²) in [6.45, 7) is -0.677. The van der Waals surface area contributed by atoms with Gasteiger partial charge in [-0.3, -0.25) is 13.6 Å². The van der Waals surface area contributed by atoms with Gasteiger partial charge in [0.25, 0.3) is 0 Å². The quantitative estimate of drug-likeness (QED) is 0.109. The highest BCUT2D eigenvalue weighted by Gasteiger charge is 2.54. The Morgan fingerprint density at radius 2 is 0.930 bits per heavy atom. The molecule has 1 saturated heterocycles. The van der Waals surface area contributed by atoms with Crippen molar-refractivity contribution >= 4 is 23.5 Å². The molecule has 18 heteroatoms. The average Bonchev–Trinajstić information content (AvgIpc) is 2.93. The van der Waals surface area contributed by atoms with Crippen molar-refractivity contribution in [2.24, 2.45) is 0 Å². The maximum absolute atomic E-state index is 12.0. The van der Waals surface area contributed by atoms with Gasteiger partial charge in [-0.2, -0.15) is 0 Å². The van der Waals surface area contributed by atoms with E-state index in [1.807, 2.05) is 0 Å². The molecule has 1 aliphatic heterocycles.